The molecule has 0 aliphatic rings. The molecule has 0 atom stereocenters. The molecule has 2 rings (SSSR count). The van der Waals surface area contributed by atoms with E-state index in [9.17, 15) is 13.9 Å². The van der Waals surface area contributed by atoms with Crippen LogP contribution in [-0.4, -0.2) is 20.1 Å². The van der Waals surface area contributed by atoms with Crippen molar-refractivity contribution in [2.45, 2.75) is 19.4 Å². The smallest absolute Gasteiger partial charge is 0.128 e. The Hall–Kier alpha value is -1.82. The van der Waals surface area contributed by atoms with E-state index in [1.54, 1.807) is 13.8 Å². The minimum atomic E-state index is -1.15. The number of nitrogens with zero attached hydrogens (tertiary/aromatic N) is 3. The molecule has 0 saturated heterocycles. The average Bonchev–Trinajstić information content (AvgIpc) is 2.63. The summed E-state index contributed by atoms with van der Waals surface area (Å²) in [4.78, 5) is 0. The first-order valence-electron chi connectivity index (χ1n) is 4.98. The van der Waals surface area contributed by atoms with E-state index in [-0.39, 0.29) is 5.69 Å². The Morgan fingerprint density at radius 3 is 2.24 bits per heavy atom. The number of rotatable bonds is 2. The summed E-state index contributed by atoms with van der Waals surface area (Å²) in [6.45, 7) is 3.10. The summed E-state index contributed by atoms with van der Waals surface area (Å²) in [5, 5.41) is 17.1. The van der Waals surface area contributed by atoms with Gasteiger partial charge < -0.3 is 5.11 Å². The summed E-state index contributed by atoms with van der Waals surface area (Å²) in [5.41, 5.74) is -0.614. The Labute approximate surface area is 96.5 Å². The second kappa shape index (κ2) is 3.89. The highest BCUT2D eigenvalue weighted by atomic mass is 19.1. The first kappa shape index (κ1) is 11.7. The van der Waals surface area contributed by atoms with E-state index < -0.39 is 17.2 Å². The van der Waals surface area contributed by atoms with Crippen molar-refractivity contribution < 1.29 is 13.9 Å². The van der Waals surface area contributed by atoms with Crippen LogP contribution in [0.5, 0.6) is 0 Å². The molecule has 6 heteroatoms. The van der Waals surface area contributed by atoms with Crippen LogP contribution in [0.2, 0.25) is 0 Å². The first-order chi connectivity index (χ1) is 7.86. The van der Waals surface area contributed by atoms with Crippen LogP contribution in [0.1, 0.15) is 19.5 Å². The zero-order valence-electron chi connectivity index (χ0n) is 9.35. The van der Waals surface area contributed by atoms with E-state index in [0.29, 0.717) is 5.69 Å². The van der Waals surface area contributed by atoms with Gasteiger partial charge in [-0.3, -0.25) is 0 Å². The van der Waals surface area contributed by atoms with E-state index in [1.165, 1.54) is 10.9 Å². The van der Waals surface area contributed by atoms with Crippen molar-refractivity contribution in [3.8, 4) is 5.69 Å². The molecule has 0 aliphatic carbocycles. The third kappa shape index (κ3) is 2.47. The Balaban J connectivity index is 2.44. The molecule has 0 aliphatic heterocycles. The number of benzene rings is 1. The van der Waals surface area contributed by atoms with Gasteiger partial charge in [-0.25, -0.2) is 13.5 Å². The summed E-state index contributed by atoms with van der Waals surface area (Å²) in [7, 11) is 0. The molecule has 17 heavy (non-hydrogen) atoms. The largest absolute Gasteiger partial charge is 0.384 e. The predicted octanol–water partition coefficient (Wildman–Crippen LogP) is 1.77. The number of hydrogen-bond acceptors (Lipinski definition) is 3. The molecule has 2 aromatic rings. The highest BCUT2D eigenvalue weighted by Crippen LogP contribution is 2.18. The molecule has 1 aromatic heterocycles. The summed E-state index contributed by atoms with van der Waals surface area (Å²) < 4.78 is 27.2. The van der Waals surface area contributed by atoms with E-state index in [2.05, 4.69) is 10.3 Å². The molecule has 0 amide bonds. The third-order valence-electron chi connectivity index (χ3n) is 2.23. The fraction of sp³-hybridized carbons (Fsp3) is 0.273. The molecule has 0 fully saturated rings. The highest BCUT2D eigenvalue weighted by molar-refractivity contribution is 5.32. The Bertz CT molecular complexity index is 526. The molecule has 90 valence electrons. The van der Waals surface area contributed by atoms with Crippen LogP contribution in [0.25, 0.3) is 5.69 Å². The fourth-order valence-corrected chi connectivity index (χ4v) is 1.34. The molecule has 1 heterocycles. The zero-order valence-corrected chi connectivity index (χ0v) is 9.35. The predicted molar refractivity (Wildman–Crippen MR) is 56.5 cm³/mol. The van der Waals surface area contributed by atoms with E-state index in [1.807, 2.05) is 0 Å². The lowest BCUT2D eigenvalue weighted by molar-refractivity contribution is 0.0737. The normalized spacial score (nSPS) is 11.8. The lowest BCUT2D eigenvalue weighted by Gasteiger charge is -2.11. The molecule has 1 aromatic carbocycles. The Morgan fingerprint density at radius 2 is 1.76 bits per heavy atom. The molecule has 0 radical (unpaired) electrons. The standard InChI is InChI=1S/C11H11F2N3O/c1-11(2,17)10-6-16(15-14-10)9-4-7(12)3-8(13)5-9/h3-6,17H,1-2H3. The molecular formula is C11H11F2N3O. The van der Waals surface area contributed by atoms with Crippen molar-refractivity contribution in [3.05, 3.63) is 41.7 Å². The van der Waals surface area contributed by atoms with E-state index in [0.717, 1.165) is 18.2 Å². The molecule has 0 unspecified atom stereocenters. The van der Waals surface area contributed by atoms with Crippen LogP contribution in [0.15, 0.2) is 24.4 Å². The van der Waals surface area contributed by atoms with Crippen molar-refractivity contribution in [3.63, 3.8) is 0 Å². The van der Waals surface area contributed by atoms with Crippen molar-refractivity contribution in [1.82, 2.24) is 15.0 Å². The number of halogens is 2. The third-order valence-corrected chi connectivity index (χ3v) is 2.23. The van der Waals surface area contributed by atoms with Crippen molar-refractivity contribution in [2.24, 2.45) is 0 Å². The zero-order chi connectivity index (χ0) is 12.6. The van der Waals surface area contributed by atoms with Crippen molar-refractivity contribution >= 4 is 0 Å². The number of aliphatic hydroxyl groups is 1. The number of aromatic nitrogens is 3. The molecule has 1 N–H and O–H groups in total. The number of hydrogen-bond donors (Lipinski definition) is 1. The lowest BCUT2D eigenvalue weighted by Crippen LogP contribution is -2.15. The minimum Gasteiger partial charge on any atom is -0.384 e. The van der Waals surface area contributed by atoms with E-state index in [4.69, 9.17) is 0 Å². The quantitative estimate of drug-likeness (QED) is 0.869. The summed E-state index contributed by atoms with van der Waals surface area (Å²) in [5.74, 6) is -1.39. The maximum Gasteiger partial charge on any atom is 0.128 e. The monoisotopic (exact) mass is 239 g/mol. The minimum absolute atomic E-state index is 0.213. The summed E-state index contributed by atoms with van der Waals surface area (Å²) in [6.07, 6.45) is 1.42. The van der Waals surface area contributed by atoms with Crippen LogP contribution < -0.4 is 0 Å². The van der Waals surface area contributed by atoms with Gasteiger partial charge in [0.25, 0.3) is 0 Å². The van der Waals surface area contributed by atoms with Gasteiger partial charge in [0, 0.05) is 6.07 Å². The SMILES string of the molecule is CC(C)(O)c1cn(-c2cc(F)cc(F)c2)nn1. The highest BCUT2D eigenvalue weighted by Gasteiger charge is 2.20. The molecule has 0 spiro atoms. The van der Waals surface area contributed by atoms with Gasteiger partial charge in [-0.1, -0.05) is 5.21 Å². The van der Waals surface area contributed by atoms with Gasteiger partial charge in [-0.05, 0) is 26.0 Å². The molecule has 4 nitrogen and oxygen atoms in total. The van der Waals surface area contributed by atoms with Crippen LogP contribution >= 0.6 is 0 Å². The van der Waals surface area contributed by atoms with Gasteiger partial charge in [0.2, 0.25) is 0 Å². The second-order valence-electron chi connectivity index (χ2n) is 4.24. The van der Waals surface area contributed by atoms with Gasteiger partial charge in [0.15, 0.2) is 0 Å². The molecule has 0 saturated carbocycles. The van der Waals surface area contributed by atoms with Crippen LogP contribution in [0.4, 0.5) is 8.78 Å². The summed E-state index contributed by atoms with van der Waals surface area (Å²) in [6, 6.07) is 3.04. The van der Waals surface area contributed by atoms with Crippen LogP contribution in [-0.2, 0) is 5.60 Å². The van der Waals surface area contributed by atoms with E-state index >= 15 is 0 Å². The average molecular weight is 239 g/mol. The Kier molecular flexibility index (Phi) is 2.66. The second-order valence-corrected chi connectivity index (χ2v) is 4.24. The van der Waals surface area contributed by atoms with Gasteiger partial charge >= 0.3 is 0 Å². The molecule has 0 bridgehead atoms. The topological polar surface area (TPSA) is 50.9 Å². The Morgan fingerprint density at radius 1 is 1.18 bits per heavy atom. The molecular weight excluding hydrogens is 228 g/mol. The fourth-order valence-electron chi connectivity index (χ4n) is 1.34. The van der Waals surface area contributed by atoms with Gasteiger partial charge in [0.05, 0.1) is 11.9 Å². The van der Waals surface area contributed by atoms with Gasteiger partial charge in [0.1, 0.15) is 22.9 Å². The summed E-state index contributed by atoms with van der Waals surface area (Å²) >= 11 is 0. The van der Waals surface area contributed by atoms with Crippen molar-refractivity contribution in [2.75, 3.05) is 0 Å². The maximum atomic E-state index is 13.0. The van der Waals surface area contributed by atoms with Crippen molar-refractivity contribution in [1.29, 1.82) is 0 Å². The van der Waals surface area contributed by atoms with Crippen LogP contribution in [0, 0.1) is 11.6 Å². The first-order valence-corrected chi connectivity index (χ1v) is 4.98. The van der Waals surface area contributed by atoms with Gasteiger partial charge in [-0.2, -0.15) is 0 Å². The van der Waals surface area contributed by atoms with Gasteiger partial charge in [-0.15, -0.1) is 5.10 Å². The van der Waals surface area contributed by atoms with Crippen LogP contribution in [0.3, 0.4) is 0 Å². The maximum absolute atomic E-state index is 13.0. The lowest BCUT2D eigenvalue weighted by atomic mass is 10.1.